The zero-order valence-corrected chi connectivity index (χ0v) is 21.6. The molecule has 194 valence electrons. The van der Waals surface area contributed by atoms with E-state index in [0.717, 1.165) is 24.2 Å². The Hall–Kier alpha value is -4.24. The number of unbranched alkanes of at least 4 members (excludes halogenated alkanes) is 1. The summed E-state index contributed by atoms with van der Waals surface area (Å²) in [5.74, 6) is -1.38. The molecule has 1 aliphatic rings. The van der Waals surface area contributed by atoms with Gasteiger partial charge in [-0.1, -0.05) is 48.9 Å². The second-order valence-electron chi connectivity index (χ2n) is 8.78. The van der Waals surface area contributed by atoms with E-state index in [9.17, 15) is 19.1 Å². The van der Waals surface area contributed by atoms with Crippen molar-refractivity contribution >= 4 is 44.1 Å². The largest absolute Gasteiger partial charge is 0.507 e. The van der Waals surface area contributed by atoms with Crippen LogP contribution in [0, 0.1) is 5.82 Å². The average molecular weight is 533 g/mol. The van der Waals surface area contributed by atoms with E-state index in [0.29, 0.717) is 39.4 Å². The van der Waals surface area contributed by atoms with Crippen LogP contribution in [0.25, 0.3) is 16.0 Å². The van der Waals surface area contributed by atoms with E-state index >= 15 is 0 Å². The molecular formula is C29H25FN2O5S. The molecule has 1 N–H and O–H groups in total. The molecule has 1 unspecified atom stereocenters. The molecule has 1 aromatic heterocycles. The van der Waals surface area contributed by atoms with Crippen LogP contribution in [0.5, 0.6) is 11.5 Å². The SMILES string of the molecule is CCCCOc1cccc(C(O)=C2C(=O)C(=O)N(c3nc4ccc(F)cc4s3)C2c2cccc(OC)c2)c1. The summed E-state index contributed by atoms with van der Waals surface area (Å²) >= 11 is 1.09. The first kappa shape index (κ1) is 25.4. The van der Waals surface area contributed by atoms with Crippen molar-refractivity contribution in [3.63, 3.8) is 0 Å². The normalized spacial score (nSPS) is 16.8. The zero-order valence-electron chi connectivity index (χ0n) is 20.8. The van der Waals surface area contributed by atoms with Crippen molar-refractivity contribution in [2.45, 2.75) is 25.8 Å². The Morgan fingerprint density at radius 2 is 1.87 bits per heavy atom. The molecule has 1 saturated heterocycles. The molecule has 5 rings (SSSR count). The number of hydrogen-bond acceptors (Lipinski definition) is 7. The smallest absolute Gasteiger partial charge is 0.301 e. The topological polar surface area (TPSA) is 89.0 Å². The van der Waals surface area contributed by atoms with E-state index < -0.39 is 23.5 Å². The molecule has 1 atom stereocenters. The summed E-state index contributed by atoms with van der Waals surface area (Å²) in [7, 11) is 1.52. The van der Waals surface area contributed by atoms with Crippen LogP contribution >= 0.6 is 11.3 Å². The third kappa shape index (κ3) is 4.72. The minimum atomic E-state index is -0.986. The van der Waals surface area contributed by atoms with E-state index in [1.807, 2.05) is 0 Å². The van der Waals surface area contributed by atoms with Crippen LogP contribution in [0.3, 0.4) is 0 Å². The van der Waals surface area contributed by atoms with Crippen LogP contribution in [0.15, 0.2) is 72.3 Å². The number of carbonyl (C=O) groups excluding carboxylic acids is 2. The molecule has 0 spiro atoms. The Morgan fingerprint density at radius 3 is 2.66 bits per heavy atom. The third-order valence-electron chi connectivity index (χ3n) is 6.27. The zero-order chi connectivity index (χ0) is 26.8. The van der Waals surface area contributed by atoms with Gasteiger partial charge >= 0.3 is 5.91 Å². The second-order valence-corrected chi connectivity index (χ2v) is 9.79. The monoisotopic (exact) mass is 532 g/mol. The van der Waals surface area contributed by atoms with Crippen LogP contribution in [0.2, 0.25) is 0 Å². The first-order valence-corrected chi connectivity index (χ1v) is 13.0. The van der Waals surface area contributed by atoms with Gasteiger partial charge in [0.2, 0.25) is 0 Å². The van der Waals surface area contributed by atoms with Crippen LogP contribution in [-0.4, -0.2) is 35.5 Å². The van der Waals surface area contributed by atoms with Crippen molar-refractivity contribution in [1.29, 1.82) is 0 Å². The summed E-state index contributed by atoms with van der Waals surface area (Å²) < 4.78 is 25.5. The summed E-state index contributed by atoms with van der Waals surface area (Å²) in [6.45, 7) is 2.58. The maximum atomic E-state index is 13.9. The predicted octanol–water partition coefficient (Wildman–Crippen LogP) is 6.25. The molecule has 0 bridgehead atoms. The summed E-state index contributed by atoms with van der Waals surface area (Å²) in [6, 6.07) is 16.9. The minimum Gasteiger partial charge on any atom is -0.507 e. The Balaban J connectivity index is 1.66. The number of nitrogens with zero attached hydrogens (tertiary/aromatic N) is 2. The molecule has 9 heteroatoms. The first-order chi connectivity index (χ1) is 18.4. The lowest BCUT2D eigenvalue weighted by molar-refractivity contribution is -0.132. The number of methoxy groups -OCH3 is 1. The van der Waals surface area contributed by atoms with Gasteiger partial charge in [0.25, 0.3) is 5.78 Å². The summed E-state index contributed by atoms with van der Waals surface area (Å²) in [4.78, 5) is 32.7. The van der Waals surface area contributed by atoms with Crippen molar-refractivity contribution in [2.75, 3.05) is 18.6 Å². The number of ether oxygens (including phenoxy) is 2. The summed E-state index contributed by atoms with van der Waals surface area (Å²) in [5, 5.41) is 11.6. The Kier molecular flexibility index (Phi) is 7.11. The molecule has 0 saturated carbocycles. The van der Waals surface area contributed by atoms with Gasteiger partial charge in [0, 0.05) is 5.56 Å². The molecule has 0 radical (unpaired) electrons. The molecule has 1 fully saturated rings. The molecule has 4 aromatic rings. The Morgan fingerprint density at radius 1 is 1.08 bits per heavy atom. The van der Waals surface area contributed by atoms with Gasteiger partial charge in [-0.05, 0) is 54.4 Å². The standard InChI is InChI=1S/C29H25FN2O5S/c1-3-4-13-37-21-10-6-8-18(15-21)26(33)24-25(17-7-5-9-20(14-17)36-2)32(28(35)27(24)34)29-31-22-12-11-19(30)16-23(22)38-29/h5-12,14-16,25,33H,3-4,13H2,1-2H3. The number of amides is 1. The number of benzene rings is 3. The number of anilines is 1. The lowest BCUT2D eigenvalue weighted by atomic mass is 9.95. The van der Waals surface area contributed by atoms with E-state index in [2.05, 4.69) is 11.9 Å². The number of thiazole rings is 1. The summed E-state index contributed by atoms with van der Waals surface area (Å²) in [6.07, 6.45) is 1.85. The Bertz CT molecular complexity index is 1560. The molecule has 2 heterocycles. The highest BCUT2D eigenvalue weighted by atomic mass is 32.1. The van der Waals surface area contributed by atoms with Gasteiger partial charge < -0.3 is 14.6 Å². The van der Waals surface area contributed by atoms with E-state index in [1.165, 1.54) is 30.2 Å². The van der Waals surface area contributed by atoms with E-state index in [-0.39, 0.29) is 16.5 Å². The number of Topliss-reactive ketones (excluding diaryl/α,β-unsaturated/α-hetero) is 1. The maximum Gasteiger partial charge on any atom is 0.301 e. The number of aliphatic hydroxyl groups is 1. The van der Waals surface area contributed by atoms with Crippen molar-refractivity contribution in [3.8, 4) is 11.5 Å². The average Bonchev–Trinajstić information content (AvgIpc) is 3.46. The highest BCUT2D eigenvalue weighted by Crippen LogP contribution is 2.45. The summed E-state index contributed by atoms with van der Waals surface area (Å²) in [5.41, 5.74) is 1.30. The molecule has 3 aromatic carbocycles. The Labute approximate surface area is 222 Å². The first-order valence-electron chi connectivity index (χ1n) is 12.2. The fraction of sp³-hybridized carbons (Fsp3) is 0.207. The van der Waals surface area contributed by atoms with Gasteiger partial charge in [-0.15, -0.1) is 0 Å². The molecular weight excluding hydrogens is 507 g/mol. The van der Waals surface area contributed by atoms with Gasteiger partial charge in [0.15, 0.2) is 5.13 Å². The van der Waals surface area contributed by atoms with E-state index in [4.69, 9.17) is 9.47 Å². The van der Waals surface area contributed by atoms with Gasteiger partial charge in [0.05, 0.1) is 35.5 Å². The highest BCUT2D eigenvalue weighted by molar-refractivity contribution is 7.22. The van der Waals surface area contributed by atoms with Gasteiger partial charge in [-0.25, -0.2) is 9.37 Å². The molecule has 1 amide bonds. The molecule has 0 aliphatic carbocycles. The van der Waals surface area contributed by atoms with Crippen molar-refractivity contribution < 1.29 is 28.6 Å². The second kappa shape index (κ2) is 10.6. The molecule has 38 heavy (non-hydrogen) atoms. The van der Waals surface area contributed by atoms with E-state index in [1.54, 1.807) is 48.5 Å². The lowest BCUT2D eigenvalue weighted by Gasteiger charge is -2.23. The number of aromatic nitrogens is 1. The molecule has 1 aliphatic heterocycles. The fourth-order valence-corrected chi connectivity index (χ4v) is 5.39. The van der Waals surface area contributed by atoms with Crippen LogP contribution < -0.4 is 14.4 Å². The number of carbonyl (C=O) groups is 2. The number of aliphatic hydroxyl groups excluding tert-OH is 1. The van der Waals surface area contributed by atoms with Gasteiger partial charge in [0.1, 0.15) is 23.1 Å². The van der Waals surface area contributed by atoms with Crippen LogP contribution in [0.4, 0.5) is 9.52 Å². The van der Waals surface area contributed by atoms with Crippen LogP contribution in [-0.2, 0) is 9.59 Å². The van der Waals surface area contributed by atoms with Crippen molar-refractivity contribution in [1.82, 2.24) is 4.98 Å². The number of hydrogen-bond donors (Lipinski definition) is 1. The van der Waals surface area contributed by atoms with Gasteiger partial charge in [-0.3, -0.25) is 14.5 Å². The number of ketones is 1. The van der Waals surface area contributed by atoms with Crippen molar-refractivity contribution in [3.05, 3.63) is 89.2 Å². The highest BCUT2D eigenvalue weighted by Gasteiger charge is 2.48. The maximum absolute atomic E-state index is 13.9. The fourth-order valence-electron chi connectivity index (χ4n) is 4.37. The quantitative estimate of drug-likeness (QED) is 0.125. The number of rotatable bonds is 8. The lowest BCUT2D eigenvalue weighted by Crippen LogP contribution is -2.29. The van der Waals surface area contributed by atoms with Crippen molar-refractivity contribution in [2.24, 2.45) is 0 Å². The predicted molar refractivity (Wildman–Crippen MR) is 144 cm³/mol. The number of halogens is 1. The third-order valence-corrected chi connectivity index (χ3v) is 7.29. The van der Waals surface area contributed by atoms with Gasteiger partial charge in [-0.2, -0.15) is 0 Å². The molecule has 7 nitrogen and oxygen atoms in total. The number of fused-ring (bicyclic) bond motifs is 1. The van der Waals surface area contributed by atoms with Crippen LogP contribution in [0.1, 0.15) is 36.9 Å². The minimum absolute atomic E-state index is 0.0839.